The molecular weight excluding hydrogens is 172 g/mol. The Morgan fingerprint density at radius 2 is 2.21 bits per heavy atom. The second-order valence-electron chi connectivity index (χ2n) is 4.57. The van der Waals surface area contributed by atoms with Crippen molar-refractivity contribution >= 4 is 5.69 Å². The number of nitrogens with two attached hydrogens (primary N) is 1. The van der Waals surface area contributed by atoms with Gasteiger partial charge in [-0.15, -0.1) is 0 Å². The van der Waals surface area contributed by atoms with E-state index in [4.69, 9.17) is 5.73 Å². The summed E-state index contributed by atoms with van der Waals surface area (Å²) in [7, 11) is 2.16. The Morgan fingerprint density at radius 1 is 1.43 bits per heavy atom. The molecular formula is C12H16N2. The molecule has 14 heavy (non-hydrogen) atoms. The Balaban J connectivity index is 1.96. The van der Waals surface area contributed by atoms with Crippen LogP contribution in [0.3, 0.4) is 0 Å². The van der Waals surface area contributed by atoms with E-state index in [0.717, 1.165) is 6.54 Å². The number of nitrogens with zero attached hydrogens (tertiary/aromatic N) is 1. The number of hydrogen-bond acceptors (Lipinski definition) is 2. The van der Waals surface area contributed by atoms with Gasteiger partial charge in [0.25, 0.3) is 0 Å². The third kappa shape index (κ3) is 1.14. The SMILES string of the molecule is CN1CCc2cc(C3CC3N)ccc21. The van der Waals surface area contributed by atoms with Gasteiger partial charge < -0.3 is 10.6 Å². The summed E-state index contributed by atoms with van der Waals surface area (Å²) in [6, 6.07) is 7.28. The van der Waals surface area contributed by atoms with Gasteiger partial charge in [-0.25, -0.2) is 0 Å². The minimum Gasteiger partial charge on any atom is -0.374 e. The Hall–Kier alpha value is -1.02. The molecule has 1 aromatic carbocycles. The average Bonchev–Trinajstić information content (AvgIpc) is 2.80. The van der Waals surface area contributed by atoms with Crippen LogP contribution in [0.5, 0.6) is 0 Å². The molecule has 2 heteroatoms. The van der Waals surface area contributed by atoms with E-state index in [2.05, 4.69) is 30.1 Å². The quantitative estimate of drug-likeness (QED) is 0.723. The molecule has 74 valence electrons. The van der Waals surface area contributed by atoms with Crippen molar-refractivity contribution in [3.05, 3.63) is 29.3 Å². The summed E-state index contributed by atoms with van der Waals surface area (Å²) in [5, 5.41) is 0. The molecule has 1 saturated carbocycles. The van der Waals surface area contributed by atoms with Gasteiger partial charge in [0.2, 0.25) is 0 Å². The van der Waals surface area contributed by atoms with E-state index >= 15 is 0 Å². The maximum absolute atomic E-state index is 5.86. The van der Waals surface area contributed by atoms with Gasteiger partial charge in [-0.1, -0.05) is 12.1 Å². The molecule has 1 aromatic rings. The standard InChI is InChI=1S/C12H16N2/c1-14-5-4-9-6-8(2-3-12(9)14)10-7-11(10)13/h2-3,6,10-11H,4-5,7,13H2,1H3. The summed E-state index contributed by atoms with van der Waals surface area (Å²) < 4.78 is 0. The zero-order valence-corrected chi connectivity index (χ0v) is 8.53. The fourth-order valence-electron chi connectivity index (χ4n) is 2.42. The largest absolute Gasteiger partial charge is 0.374 e. The molecule has 1 aliphatic heterocycles. The van der Waals surface area contributed by atoms with E-state index in [9.17, 15) is 0 Å². The fourth-order valence-corrected chi connectivity index (χ4v) is 2.42. The topological polar surface area (TPSA) is 29.3 Å². The Bertz CT molecular complexity index is 373. The number of benzene rings is 1. The molecule has 1 heterocycles. The third-order valence-corrected chi connectivity index (χ3v) is 3.50. The lowest BCUT2D eigenvalue weighted by Crippen LogP contribution is -2.12. The highest BCUT2D eigenvalue weighted by Gasteiger charge is 2.35. The van der Waals surface area contributed by atoms with Crippen molar-refractivity contribution in [3.63, 3.8) is 0 Å². The molecule has 1 aliphatic carbocycles. The Morgan fingerprint density at radius 3 is 2.93 bits per heavy atom. The van der Waals surface area contributed by atoms with Crippen LogP contribution in [-0.4, -0.2) is 19.6 Å². The monoisotopic (exact) mass is 188 g/mol. The van der Waals surface area contributed by atoms with Gasteiger partial charge in [0.15, 0.2) is 0 Å². The summed E-state index contributed by atoms with van der Waals surface area (Å²) in [4.78, 5) is 2.33. The van der Waals surface area contributed by atoms with Crippen LogP contribution < -0.4 is 10.6 Å². The first-order valence-corrected chi connectivity index (χ1v) is 5.35. The summed E-state index contributed by atoms with van der Waals surface area (Å²) >= 11 is 0. The van der Waals surface area contributed by atoms with Gasteiger partial charge in [-0.3, -0.25) is 0 Å². The molecule has 0 bridgehead atoms. The average molecular weight is 188 g/mol. The highest BCUT2D eigenvalue weighted by atomic mass is 15.1. The lowest BCUT2D eigenvalue weighted by molar-refractivity contribution is 0.954. The minimum atomic E-state index is 0.423. The van der Waals surface area contributed by atoms with Crippen molar-refractivity contribution in [2.24, 2.45) is 5.73 Å². The number of fused-ring (bicyclic) bond motifs is 1. The minimum absolute atomic E-state index is 0.423. The van der Waals surface area contributed by atoms with Crippen LogP contribution in [0.1, 0.15) is 23.5 Å². The van der Waals surface area contributed by atoms with E-state index in [1.165, 1.54) is 29.7 Å². The summed E-state index contributed by atoms with van der Waals surface area (Å²) in [6.45, 7) is 1.16. The summed E-state index contributed by atoms with van der Waals surface area (Å²) in [5.74, 6) is 0.645. The van der Waals surface area contributed by atoms with Crippen LogP contribution in [0.25, 0.3) is 0 Å². The number of rotatable bonds is 1. The number of anilines is 1. The molecule has 2 nitrogen and oxygen atoms in total. The molecule has 2 unspecified atom stereocenters. The second-order valence-corrected chi connectivity index (χ2v) is 4.57. The molecule has 0 aromatic heterocycles. The van der Waals surface area contributed by atoms with Crippen molar-refractivity contribution in [2.75, 3.05) is 18.5 Å². The molecule has 0 radical (unpaired) electrons. The van der Waals surface area contributed by atoms with Gasteiger partial charge >= 0.3 is 0 Å². The smallest absolute Gasteiger partial charge is 0.0397 e. The van der Waals surface area contributed by atoms with Gasteiger partial charge in [-0.2, -0.15) is 0 Å². The van der Waals surface area contributed by atoms with Crippen molar-refractivity contribution in [3.8, 4) is 0 Å². The van der Waals surface area contributed by atoms with E-state index < -0.39 is 0 Å². The first-order valence-electron chi connectivity index (χ1n) is 5.35. The molecule has 2 N–H and O–H groups in total. The van der Waals surface area contributed by atoms with Crippen molar-refractivity contribution in [1.82, 2.24) is 0 Å². The summed E-state index contributed by atoms with van der Waals surface area (Å²) in [6.07, 6.45) is 2.37. The molecule has 0 amide bonds. The van der Waals surface area contributed by atoms with E-state index in [1.54, 1.807) is 0 Å². The molecule has 3 rings (SSSR count). The van der Waals surface area contributed by atoms with Crippen molar-refractivity contribution < 1.29 is 0 Å². The fraction of sp³-hybridized carbons (Fsp3) is 0.500. The lowest BCUT2D eigenvalue weighted by Gasteiger charge is -2.11. The normalized spacial score (nSPS) is 29.1. The number of hydrogen-bond donors (Lipinski definition) is 1. The zero-order valence-electron chi connectivity index (χ0n) is 8.53. The molecule has 2 atom stereocenters. The maximum Gasteiger partial charge on any atom is 0.0397 e. The molecule has 0 saturated heterocycles. The first-order chi connectivity index (χ1) is 6.75. The van der Waals surface area contributed by atoms with Crippen LogP contribution in [0.2, 0.25) is 0 Å². The van der Waals surface area contributed by atoms with Gasteiger partial charge in [0.1, 0.15) is 0 Å². The van der Waals surface area contributed by atoms with Gasteiger partial charge in [-0.05, 0) is 30.0 Å². The zero-order chi connectivity index (χ0) is 9.71. The van der Waals surface area contributed by atoms with Crippen molar-refractivity contribution in [1.29, 1.82) is 0 Å². The molecule has 0 spiro atoms. The predicted molar refractivity (Wildman–Crippen MR) is 58.7 cm³/mol. The summed E-state index contributed by atoms with van der Waals surface area (Å²) in [5.41, 5.74) is 10.2. The third-order valence-electron chi connectivity index (χ3n) is 3.50. The maximum atomic E-state index is 5.86. The highest BCUT2D eigenvalue weighted by molar-refractivity contribution is 5.59. The van der Waals surface area contributed by atoms with Crippen LogP contribution in [0.15, 0.2) is 18.2 Å². The van der Waals surface area contributed by atoms with Crippen molar-refractivity contribution in [2.45, 2.75) is 24.8 Å². The molecule has 2 aliphatic rings. The van der Waals surface area contributed by atoms with Crippen LogP contribution in [0, 0.1) is 0 Å². The van der Waals surface area contributed by atoms with E-state index in [-0.39, 0.29) is 0 Å². The van der Waals surface area contributed by atoms with Crippen LogP contribution in [0.4, 0.5) is 5.69 Å². The van der Waals surface area contributed by atoms with E-state index in [1.807, 2.05) is 0 Å². The predicted octanol–water partition coefficient (Wildman–Crippen LogP) is 1.49. The highest BCUT2D eigenvalue weighted by Crippen LogP contribution is 2.41. The number of likely N-dealkylation sites (N-methyl/N-ethyl adjacent to an activating group) is 1. The second kappa shape index (κ2) is 2.74. The van der Waals surface area contributed by atoms with Gasteiger partial charge in [0.05, 0.1) is 0 Å². The Kier molecular flexibility index (Phi) is 1.62. The van der Waals surface area contributed by atoms with Crippen LogP contribution in [-0.2, 0) is 6.42 Å². The first kappa shape index (κ1) is 8.30. The lowest BCUT2D eigenvalue weighted by atomic mass is 10.0. The van der Waals surface area contributed by atoms with Crippen LogP contribution >= 0.6 is 0 Å². The van der Waals surface area contributed by atoms with E-state index in [0.29, 0.717) is 12.0 Å². The Labute approximate surface area is 84.7 Å². The molecule has 1 fully saturated rings. The van der Waals surface area contributed by atoms with Gasteiger partial charge in [0, 0.05) is 31.2 Å².